The molecule has 0 unspecified atom stereocenters. The molecule has 0 spiro atoms. The third-order valence-corrected chi connectivity index (χ3v) is 5.54. The van der Waals surface area contributed by atoms with Gasteiger partial charge in [-0.3, -0.25) is 4.79 Å². The Morgan fingerprint density at radius 3 is 2.50 bits per heavy atom. The van der Waals surface area contributed by atoms with Gasteiger partial charge in [0, 0.05) is 43.2 Å². The highest BCUT2D eigenvalue weighted by Gasteiger charge is 2.24. The predicted octanol–water partition coefficient (Wildman–Crippen LogP) is 2.88. The molecule has 0 aliphatic carbocycles. The number of nitrogens with zero attached hydrogens (tertiary/aromatic N) is 5. The first kappa shape index (κ1) is 18.4. The summed E-state index contributed by atoms with van der Waals surface area (Å²) in [6.45, 7) is 4.67. The van der Waals surface area contributed by atoms with Gasteiger partial charge in [0.2, 0.25) is 0 Å². The molecule has 0 saturated carbocycles. The lowest BCUT2D eigenvalue weighted by atomic mass is 10.1. The number of carbonyl (C=O) groups is 1. The van der Waals surface area contributed by atoms with Gasteiger partial charge in [-0.25, -0.2) is 15.0 Å². The third kappa shape index (κ3) is 3.82. The van der Waals surface area contributed by atoms with Crippen molar-refractivity contribution in [3.8, 4) is 17.0 Å². The summed E-state index contributed by atoms with van der Waals surface area (Å²) in [6, 6.07) is 9.79. The highest BCUT2D eigenvalue weighted by Crippen LogP contribution is 2.24. The van der Waals surface area contributed by atoms with E-state index in [1.54, 1.807) is 13.4 Å². The van der Waals surface area contributed by atoms with E-state index in [1.165, 1.54) is 11.3 Å². The zero-order valence-corrected chi connectivity index (χ0v) is 16.6. The minimum Gasteiger partial charge on any atom is -0.497 e. The van der Waals surface area contributed by atoms with Crippen LogP contribution in [0, 0.1) is 6.92 Å². The maximum Gasteiger partial charge on any atom is 0.273 e. The molecule has 0 N–H and O–H groups in total. The highest BCUT2D eigenvalue weighted by molar-refractivity contribution is 7.09. The Morgan fingerprint density at radius 2 is 1.86 bits per heavy atom. The second-order valence-electron chi connectivity index (χ2n) is 6.52. The number of rotatable bonds is 4. The molecule has 3 heterocycles. The largest absolute Gasteiger partial charge is 0.497 e. The number of hydrogen-bond acceptors (Lipinski definition) is 7. The smallest absolute Gasteiger partial charge is 0.273 e. The van der Waals surface area contributed by atoms with Gasteiger partial charge in [0.15, 0.2) is 0 Å². The van der Waals surface area contributed by atoms with Crippen molar-refractivity contribution < 1.29 is 9.53 Å². The zero-order valence-electron chi connectivity index (χ0n) is 15.8. The fourth-order valence-electron chi connectivity index (χ4n) is 3.20. The number of aromatic nitrogens is 3. The lowest BCUT2D eigenvalue weighted by Gasteiger charge is -2.35. The predicted molar refractivity (Wildman–Crippen MR) is 109 cm³/mol. The Bertz CT molecular complexity index is 965. The first-order valence-electron chi connectivity index (χ1n) is 9.07. The minimum absolute atomic E-state index is 0.00519. The van der Waals surface area contributed by atoms with Crippen molar-refractivity contribution in [2.24, 2.45) is 0 Å². The van der Waals surface area contributed by atoms with Crippen molar-refractivity contribution in [3.63, 3.8) is 0 Å². The minimum atomic E-state index is 0.00519. The van der Waals surface area contributed by atoms with Crippen LogP contribution in [-0.4, -0.2) is 59.0 Å². The van der Waals surface area contributed by atoms with E-state index in [0.29, 0.717) is 18.8 Å². The molecule has 2 aromatic heterocycles. The van der Waals surface area contributed by atoms with Crippen LogP contribution in [0.25, 0.3) is 11.3 Å². The van der Waals surface area contributed by atoms with E-state index in [0.717, 1.165) is 40.9 Å². The molecular weight excluding hydrogens is 374 g/mol. The topological polar surface area (TPSA) is 71.5 Å². The molecule has 144 valence electrons. The van der Waals surface area contributed by atoms with Crippen molar-refractivity contribution in [2.45, 2.75) is 6.92 Å². The number of benzene rings is 1. The highest BCUT2D eigenvalue weighted by atomic mass is 32.1. The number of piperazine rings is 1. The molecule has 28 heavy (non-hydrogen) atoms. The Kier molecular flexibility index (Phi) is 5.21. The van der Waals surface area contributed by atoms with Gasteiger partial charge in [-0.2, -0.15) is 0 Å². The van der Waals surface area contributed by atoms with Crippen molar-refractivity contribution in [2.75, 3.05) is 38.2 Å². The Hall–Kier alpha value is -3.00. The number of amides is 1. The Labute approximate surface area is 167 Å². The Balaban J connectivity index is 1.44. The fourth-order valence-corrected chi connectivity index (χ4v) is 3.79. The number of anilines is 1. The molecule has 8 heteroatoms. The monoisotopic (exact) mass is 395 g/mol. The van der Waals surface area contributed by atoms with Crippen molar-refractivity contribution >= 4 is 23.1 Å². The zero-order chi connectivity index (χ0) is 19.5. The molecule has 0 radical (unpaired) electrons. The van der Waals surface area contributed by atoms with Crippen LogP contribution in [-0.2, 0) is 0 Å². The number of thiazole rings is 1. The summed E-state index contributed by atoms with van der Waals surface area (Å²) >= 11 is 1.50. The van der Waals surface area contributed by atoms with Crippen LogP contribution in [0.15, 0.2) is 42.0 Å². The van der Waals surface area contributed by atoms with Crippen molar-refractivity contribution in [1.29, 1.82) is 0 Å². The fraction of sp³-hybridized carbons (Fsp3) is 0.300. The second kappa shape index (κ2) is 7.93. The molecule has 1 saturated heterocycles. The summed E-state index contributed by atoms with van der Waals surface area (Å²) in [5, 5.41) is 2.74. The van der Waals surface area contributed by atoms with Crippen molar-refractivity contribution in [3.05, 3.63) is 52.7 Å². The number of methoxy groups -OCH3 is 1. The lowest BCUT2D eigenvalue weighted by Crippen LogP contribution is -2.49. The van der Waals surface area contributed by atoms with Gasteiger partial charge in [0.1, 0.15) is 23.6 Å². The quantitative estimate of drug-likeness (QED) is 0.676. The number of hydrogen-bond donors (Lipinski definition) is 0. The first-order chi connectivity index (χ1) is 13.6. The van der Waals surface area contributed by atoms with E-state index < -0.39 is 0 Å². The van der Waals surface area contributed by atoms with Crippen molar-refractivity contribution in [1.82, 2.24) is 19.9 Å². The molecule has 0 bridgehead atoms. The van der Waals surface area contributed by atoms with E-state index >= 15 is 0 Å². The first-order valence-corrected chi connectivity index (χ1v) is 9.95. The Morgan fingerprint density at radius 1 is 1.11 bits per heavy atom. The standard InChI is InChI=1S/C20H21N5O2S/c1-14-23-18(12-28-14)20(26)25-9-7-24(8-10-25)19-11-17(21-13-22-19)15-3-5-16(27-2)6-4-15/h3-6,11-13H,7-10H2,1-2H3. The molecule has 1 fully saturated rings. The molecule has 7 nitrogen and oxygen atoms in total. The maximum absolute atomic E-state index is 12.6. The van der Waals surface area contributed by atoms with Gasteiger partial charge in [0.05, 0.1) is 17.8 Å². The summed E-state index contributed by atoms with van der Waals surface area (Å²) in [6.07, 6.45) is 1.59. The van der Waals surface area contributed by atoms with E-state index in [2.05, 4.69) is 19.9 Å². The maximum atomic E-state index is 12.6. The van der Waals surface area contributed by atoms with E-state index in [9.17, 15) is 4.79 Å². The van der Waals surface area contributed by atoms with Gasteiger partial charge in [-0.15, -0.1) is 11.3 Å². The average molecular weight is 395 g/mol. The van der Waals surface area contributed by atoms with E-state index in [-0.39, 0.29) is 5.91 Å². The molecule has 1 aromatic carbocycles. The molecule has 0 atom stereocenters. The van der Waals surface area contributed by atoms with Gasteiger partial charge < -0.3 is 14.5 Å². The normalized spacial score (nSPS) is 14.2. The SMILES string of the molecule is COc1ccc(-c2cc(N3CCN(C(=O)c4csc(C)n4)CC3)ncn2)cc1. The van der Waals surface area contributed by atoms with Crippen LogP contribution >= 0.6 is 11.3 Å². The molecule has 1 aliphatic heterocycles. The summed E-state index contributed by atoms with van der Waals surface area (Å²) < 4.78 is 5.21. The van der Waals surface area contributed by atoms with Crippen LogP contribution in [0.4, 0.5) is 5.82 Å². The number of carbonyl (C=O) groups excluding carboxylic acids is 1. The third-order valence-electron chi connectivity index (χ3n) is 4.77. The summed E-state index contributed by atoms with van der Waals surface area (Å²) in [5.74, 6) is 1.69. The number of aryl methyl sites for hydroxylation is 1. The van der Waals surface area contributed by atoms with Gasteiger partial charge >= 0.3 is 0 Å². The molecule has 4 rings (SSSR count). The lowest BCUT2D eigenvalue weighted by molar-refractivity contribution is 0.0741. The molecule has 3 aromatic rings. The summed E-state index contributed by atoms with van der Waals surface area (Å²) in [5.41, 5.74) is 2.42. The average Bonchev–Trinajstić information content (AvgIpc) is 3.20. The number of ether oxygens (including phenoxy) is 1. The molecule has 1 aliphatic rings. The van der Waals surface area contributed by atoms with E-state index in [1.807, 2.05) is 47.5 Å². The van der Waals surface area contributed by atoms with Gasteiger partial charge in [-0.1, -0.05) is 0 Å². The van der Waals surface area contributed by atoms with Crippen LogP contribution in [0.5, 0.6) is 5.75 Å². The molecular formula is C20H21N5O2S. The van der Waals surface area contributed by atoms with Gasteiger partial charge in [0.25, 0.3) is 5.91 Å². The van der Waals surface area contributed by atoms with Crippen LogP contribution in [0.1, 0.15) is 15.5 Å². The van der Waals surface area contributed by atoms with E-state index in [4.69, 9.17) is 4.74 Å². The van der Waals surface area contributed by atoms with Crippen LogP contribution in [0.3, 0.4) is 0 Å². The van der Waals surface area contributed by atoms with Crippen LogP contribution < -0.4 is 9.64 Å². The second-order valence-corrected chi connectivity index (χ2v) is 7.58. The summed E-state index contributed by atoms with van der Waals surface area (Å²) in [4.78, 5) is 29.7. The summed E-state index contributed by atoms with van der Waals surface area (Å²) in [7, 11) is 1.65. The molecule has 1 amide bonds. The van der Waals surface area contributed by atoms with Crippen LogP contribution in [0.2, 0.25) is 0 Å². The van der Waals surface area contributed by atoms with Gasteiger partial charge in [-0.05, 0) is 31.2 Å².